The largest absolute Gasteiger partial charge is 0.481 e. The average Bonchev–Trinajstić information content (AvgIpc) is 2.67. The third-order valence-electron chi connectivity index (χ3n) is 4.01. The van der Waals surface area contributed by atoms with Crippen LogP contribution in [0.2, 0.25) is 0 Å². The molecule has 0 aliphatic carbocycles. The summed E-state index contributed by atoms with van der Waals surface area (Å²) in [6.45, 7) is 4.44. The van der Waals surface area contributed by atoms with Gasteiger partial charge in [0.15, 0.2) is 0 Å². The number of esters is 1. The normalized spacial score (nSPS) is 11.9. The Balaban J connectivity index is 2.34. The quantitative estimate of drug-likeness (QED) is 0.343. The molecule has 0 spiro atoms. The van der Waals surface area contributed by atoms with Gasteiger partial charge in [-0.2, -0.15) is 0 Å². The molecule has 0 aromatic heterocycles. The smallest absolute Gasteiger partial charge is 0.306 e. The van der Waals surface area contributed by atoms with Gasteiger partial charge in [0, 0.05) is 25.9 Å². The molecule has 152 valence electrons. The van der Waals surface area contributed by atoms with Gasteiger partial charge in [0.05, 0.1) is 19.8 Å². The lowest BCUT2D eigenvalue weighted by Gasteiger charge is -2.18. The molecule has 1 rings (SSSR count). The highest BCUT2D eigenvalue weighted by atomic mass is 16.5. The maximum Gasteiger partial charge on any atom is 0.306 e. The van der Waals surface area contributed by atoms with E-state index >= 15 is 0 Å². The van der Waals surface area contributed by atoms with Crippen molar-refractivity contribution in [1.29, 1.82) is 0 Å². The molecule has 0 saturated heterocycles. The van der Waals surface area contributed by atoms with Crippen molar-refractivity contribution in [2.24, 2.45) is 0 Å². The van der Waals surface area contributed by atoms with Crippen LogP contribution < -0.4 is 0 Å². The molecular formula is C21H32O6. The first-order valence-corrected chi connectivity index (χ1v) is 9.75. The Morgan fingerprint density at radius 3 is 2.26 bits per heavy atom. The van der Waals surface area contributed by atoms with Crippen molar-refractivity contribution in [3.05, 3.63) is 35.9 Å². The molecule has 0 amide bonds. The first kappa shape index (κ1) is 23.1. The summed E-state index contributed by atoms with van der Waals surface area (Å²) in [5, 5.41) is 8.63. The third-order valence-corrected chi connectivity index (χ3v) is 4.01. The molecule has 27 heavy (non-hydrogen) atoms. The highest BCUT2D eigenvalue weighted by Gasteiger charge is 2.16. The maximum atomic E-state index is 12.1. The zero-order valence-electron chi connectivity index (χ0n) is 16.2. The van der Waals surface area contributed by atoms with E-state index in [1.807, 2.05) is 30.3 Å². The number of ether oxygens (including phenoxy) is 3. The van der Waals surface area contributed by atoms with Gasteiger partial charge < -0.3 is 19.3 Å². The van der Waals surface area contributed by atoms with Crippen LogP contribution in [0.3, 0.4) is 0 Å². The molecule has 6 heteroatoms. The predicted octanol–water partition coefficient (Wildman–Crippen LogP) is 4.14. The van der Waals surface area contributed by atoms with Crippen LogP contribution in [0.5, 0.6) is 0 Å². The molecule has 0 aliphatic heterocycles. The Hall–Kier alpha value is -1.92. The van der Waals surface area contributed by atoms with Gasteiger partial charge in [0.1, 0.15) is 6.10 Å². The zero-order valence-corrected chi connectivity index (χ0v) is 16.2. The number of unbranched alkanes of at least 4 members (excludes halogenated alkanes) is 2. The van der Waals surface area contributed by atoms with E-state index in [2.05, 4.69) is 6.92 Å². The van der Waals surface area contributed by atoms with E-state index in [4.69, 9.17) is 19.3 Å². The van der Waals surface area contributed by atoms with Gasteiger partial charge >= 0.3 is 11.9 Å². The van der Waals surface area contributed by atoms with E-state index in [1.54, 1.807) is 0 Å². The summed E-state index contributed by atoms with van der Waals surface area (Å²) < 4.78 is 16.6. The highest BCUT2D eigenvalue weighted by molar-refractivity contribution is 5.70. The zero-order chi connectivity index (χ0) is 19.7. The molecular weight excluding hydrogens is 348 g/mol. The van der Waals surface area contributed by atoms with Crippen LogP contribution in [0.15, 0.2) is 30.3 Å². The van der Waals surface area contributed by atoms with Crippen LogP contribution in [0, 0.1) is 0 Å². The summed E-state index contributed by atoms with van der Waals surface area (Å²) in [4.78, 5) is 22.6. The summed E-state index contributed by atoms with van der Waals surface area (Å²) in [5.74, 6) is -1.15. The van der Waals surface area contributed by atoms with E-state index in [0.29, 0.717) is 39.1 Å². The second-order valence-corrected chi connectivity index (χ2v) is 6.36. The fraction of sp³-hybridized carbons (Fsp3) is 0.619. The molecule has 0 bridgehead atoms. The van der Waals surface area contributed by atoms with Gasteiger partial charge in [0.2, 0.25) is 0 Å². The Bertz CT molecular complexity index is 517. The van der Waals surface area contributed by atoms with Crippen LogP contribution >= 0.6 is 0 Å². The molecule has 0 heterocycles. The molecule has 0 aliphatic rings. The minimum atomic E-state index is -0.846. The van der Waals surface area contributed by atoms with Crippen molar-refractivity contribution in [3.63, 3.8) is 0 Å². The third kappa shape index (κ3) is 12.2. The molecule has 1 atom stereocenters. The minimum absolute atomic E-state index is 0.0730. The Morgan fingerprint density at radius 2 is 1.59 bits per heavy atom. The summed E-state index contributed by atoms with van der Waals surface area (Å²) in [6.07, 6.45) is 3.66. The number of carbonyl (C=O) groups excluding carboxylic acids is 1. The summed E-state index contributed by atoms with van der Waals surface area (Å²) in [5.41, 5.74) is 0.930. The van der Waals surface area contributed by atoms with Crippen molar-refractivity contribution >= 4 is 11.9 Å². The lowest BCUT2D eigenvalue weighted by molar-refractivity contribution is -0.151. The molecule has 0 saturated carbocycles. The fourth-order valence-corrected chi connectivity index (χ4v) is 2.48. The summed E-state index contributed by atoms with van der Waals surface area (Å²) >= 11 is 0. The van der Waals surface area contributed by atoms with Gasteiger partial charge in [-0.1, -0.05) is 43.7 Å². The van der Waals surface area contributed by atoms with Gasteiger partial charge in [-0.05, 0) is 24.8 Å². The molecule has 6 nitrogen and oxygen atoms in total. The van der Waals surface area contributed by atoms with Crippen molar-refractivity contribution < 1.29 is 28.9 Å². The van der Waals surface area contributed by atoms with Crippen molar-refractivity contribution in [3.8, 4) is 0 Å². The molecule has 1 unspecified atom stereocenters. The standard InChI is InChI=1S/C21H32O6/c1-2-3-14-25-16-17-26-15-13-19(18-9-5-4-6-10-18)27-21(24)12-8-7-11-20(22)23/h4-6,9-10,19H,2-3,7-8,11-17H2,1H3,(H,22,23). The highest BCUT2D eigenvalue weighted by Crippen LogP contribution is 2.22. The Morgan fingerprint density at radius 1 is 0.926 bits per heavy atom. The molecule has 0 radical (unpaired) electrons. The topological polar surface area (TPSA) is 82.1 Å². The van der Waals surface area contributed by atoms with E-state index in [0.717, 1.165) is 25.0 Å². The summed E-state index contributed by atoms with van der Waals surface area (Å²) in [7, 11) is 0. The molecule has 1 aromatic carbocycles. The molecule has 0 fully saturated rings. The lowest BCUT2D eigenvalue weighted by Crippen LogP contribution is -2.15. The number of carboxylic acid groups (broad SMARTS) is 1. The number of rotatable bonds is 16. The van der Waals surface area contributed by atoms with Crippen LogP contribution in [0.4, 0.5) is 0 Å². The number of hydrogen-bond donors (Lipinski definition) is 1. The monoisotopic (exact) mass is 380 g/mol. The first-order chi connectivity index (χ1) is 13.1. The Kier molecular flexibility index (Phi) is 13.0. The maximum absolute atomic E-state index is 12.1. The van der Waals surface area contributed by atoms with Crippen molar-refractivity contribution in [1.82, 2.24) is 0 Å². The van der Waals surface area contributed by atoms with Crippen molar-refractivity contribution in [2.75, 3.05) is 26.4 Å². The first-order valence-electron chi connectivity index (χ1n) is 9.75. The second kappa shape index (κ2) is 15.2. The van der Waals surface area contributed by atoms with E-state index in [1.165, 1.54) is 0 Å². The van der Waals surface area contributed by atoms with E-state index in [-0.39, 0.29) is 24.9 Å². The Labute approximate surface area is 161 Å². The van der Waals surface area contributed by atoms with Gasteiger partial charge in [-0.15, -0.1) is 0 Å². The van der Waals surface area contributed by atoms with Crippen LogP contribution in [0.25, 0.3) is 0 Å². The number of hydrogen-bond acceptors (Lipinski definition) is 5. The SMILES string of the molecule is CCCCOCCOCCC(OC(=O)CCCCC(=O)O)c1ccccc1. The molecule has 1 N–H and O–H groups in total. The predicted molar refractivity (Wildman–Crippen MR) is 103 cm³/mol. The van der Waals surface area contributed by atoms with E-state index < -0.39 is 5.97 Å². The van der Waals surface area contributed by atoms with Crippen LogP contribution in [0.1, 0.15) is 63.5 Å². The number of carboxylic acids is 1. The van der Waals surface area contributed by atoms with Crippen LogP contribution in [-0.2, 0) is 23.8 Å². The molecule has 1 aromatic rings. The number of benzene rings is 1. The fourth-order valence-electron chi connectivity index (χ4n) is 2.48. The van der Waals surface area contributed by atoms with Gasteiger partial charge in [-0.25, -0.2) is 0 Å². The summed E-state index contributed by atoms with van der Waals surface area (Å²) in [6, 6.07) is 9.59. The number of aliphatic carboxylic acids is 1. The van der Waals surface area contributed by atoms with Gasteiger partial charge in [0.25, 0.3) is 0 Å². The van der Waals surface area contributed by atoms with Crippen molar-refractivity contribution in [2.45, 2.75) is 58.0 Å². The second-order valence-electron chi connectivity index (χ2n) is 6.36. The van der Waals surface area contributed by atoms with Gasteiger partial charge in [-0.3, -0.25) is 9.59 Å². The lowest BCUT2D eigenvalue weighted by atomic mass is 10.1. The van der Waals surface area contributed by atoms with Crippen LogP contribution in [-0.4, -0.2) is 43.5 Å². The number of carbonyl (C=O) groups is 2. The minimum Gasteiger partial charge on any atom is -0.481 e. The van der Waals surface area contributed by atoms with E-state index in [9.17, 15) is 9.59 Å². The average molecular weight is 380 g/mol.